The summed E-state index contributed by atoms with van der Waals surface area (Å²) < 4.78 is 0.781. The molecule has 1 aromatic heterocycles. The molecule has 0 spiro atoms. The van der Waals surface area contributed by atoms with Crippen molar-refractivity contribution < 1.29 is 10.0 Å². The van der Waals surface area contributed by atoms with Gasteiger partial charge in [-0.2, -0.15) is 0 Å². The van der Waals surface area contributed by atoms with E-state index in [1.165, 1.54) is 11.3 Å². The van der Waals surface area contributed by atoms with Crippen LogP contribution < -0.4 is 11.1 Å². The molecule has 2 aromatic rings. The van der Waals surface area contributed by atoms with Gasteiger partial charge in [-0.25, -0.2) is 0 Å². The fraction of sp³-hybridized carbons (Fsp3) is 0.0769. The van der Waals surface area contributed by atoms with Crippen LogP contribution in [0.1, 0.15) is 15.2 Å². The normalized spacial score (nSPS) is 11.3. The van der Waals surface area contributed by atoms with Crippen LogP contribution in [-0.4, -0.2) is 17.0 Å². The molecule has 1 amide bonds. The van der Waals surface area contributed by atoms with Gasteiger partial charge in [-0.3, -0.25) is 4.79 Å². The molecule has 0 saturated carbocycles. The van der Waals surface area contributed by atoms with E-state index in [2.05, 4.69) is 26.4 Å². The van der Waals surface area contributed by atoms with Crippen LogP contribution in [0, 0.1) is 0 Å². The highest BCUT2D eigenvalue weighted by molar-refractivity contribution is 9.10. The molecule has 20 heavy (non-hydrogen) atoms. The molecule has 0 atom stereocenters. The number of nitrogens with one attached hydrogen (secondary N) is 1. The summed E-state index contributed by atoms with van der Waals surface area (Å²) in [6.45, 7) is 0. The molecule has 0 radical (unpaired) electrons. The molecule has 0 aliphatic carbocycles. The number of thiophene rings is 1. The Morgan fingerprint density at radius 1 is 1.35 bits per heavy atom. The molecule has 104 valence electrons. The van der Waals surface area contributed by atoms with Gasteiger partial charge in [0.25, 0.3) is 5.91 Å². The summed E-state index contributed by atoms with van der Waals surface area (Å²) in [4.78, 5) is 12.6. The number of amides is 1. The largest absolute Gasteiger partial charge is 0.409 e. The topological polar surface area (TPSA) is 87.7 Å². The molecule has 1 aromatic carbocycles. The maximum absolute atomic E-state index is 12.0. The van der Waals surface area contributed by atoms with Crippen LogP contribution in [0.4, 0.5) is 5.69 Å². The molecule has 0 fully saturated rings. The van der Waals surface area contributed by atoms with Gasteiger partial charge in [0.05, 0.1) is 0 Å². The van der Waals surface area contributed by atoms with Crippen molar-refractivity contribution >= 4 is 44.7 Å². The molecule has 1 heterocycles. The molecule has 0 aliphatic heterocycles. The van der Waals surface area contributed by atoms with Crippen molar-refractivity contribution in [3.05, 3.63) is 50.6 Å². The first-order chi connectivity index (χ1) is 9.60. The standard InChI is InChI=1S/C13H12BrN3O2S/c14-10-5-6-20-12(10)13(18)16-9-3-1-8(2-4-9)7-11(15)17-19/h1-6,19H,7H2,(H2,15,17)(H,16,18). The van der Waals surface area contributed by atoms with Gasteiger partial charge in [-0.15, -0.1) is 11.3 Å². The lowest BCUT2D eigenvalue weighted by atomic mass is 10.1. The quantitative estimate of drug-likeness (QED) is 0.341. The second kappa shape index (κ2) is 6.53. The van der Waals surface area contributed by atoms with Crippen molar-refractivity contribution in [2.75, 3.05) is 5.32 Å². The van der Waals surface area contributed by atoms with E-state index in [-0.39, 0.29) is 11.7 Å². The van der Waals surface area contributed by atoms with E-state index in [1.54, 1.807) is 12.1 Å². The number of hydrogen-bond acceptors (Lipinski definition) is 4. The molecule has 0 aliphatic rings. The van der Waals surface area contributed by atoms with Crippen molar-refractivity contribution in [2.45, 2.75) is 6.42 Å². The number of carbonyl (C=O) groups is 1. The van der Waals surface area contributed by atoms with Gasteiger partial charge in [0.1, 0.15) is 10.7 Å². The molecule has 0 saturated heterocycles. The van der Waals surface area contributed by atoms with Crippen LogP contribution in [0.25, 0.3) is 0 Å². The lowest BCUT2D eigenvalue weighted by Crippen LogP contribution is -2.15. The van der Waals surface area contributed by atoms with Crippen LogP contribution in [0.15, 0.2) is 45.3 Å². The predicted octanol–water partition coefficient (Wildman–Crippen LogP) is 3.05. The van der Waals surface area contributed by atoms with Gasteiger partial charge in [0.2, 0.25) is 0 Å². The number of carbonyl (C=O) groups excluding carboxylic acids is 1. The van der Waals surface area contributed by atoms with E-state index in [1.807, 2.05) is 23.6 Å². The minimum absolute atomic E-state index is 0.143. The Morgan fingerprint density at radius 2 is 2.05 bits per heavy atom. The summed E-state index contributed by atoms with van der Waals surface area (Å²) in [7, 11) is 0. The number of rotatable bonds is 4. The third-order valence-corrected chi connectivity index (χ3v) is 4.39. The van der Waals surface area contributed by atoms with E-state index >= 15 is 0 Å². The average Bonchev–Trinajstić information content (AvgIpc) is 2.87. The van der Waals surface area contributed by atoms with Crippen LogP contribution in [0.5, 0.6) is 0 Å². The third-order valence-electron chi connectivity index (χ3n) is 2.55. The number of halogens is 1. The Bertz CT molecular complexity index is 637. The van der Waals surface area contributed by atoms with E-state index in [9.17, 15) is 4.79 Å². The van der Waals surface area contributed by atoms with E-state index in [0.29, 0.717) is 17.0 Å². The van der Waals surface area contributed by atoms with Crippen molar-refractivity contribution in [3.8, 4) is 0 Å². The monoisotopic (exact) mass is 353 g/mol. The molecule has 2 rings (SSSR count). The van der Waals surface area contributed by atoms with Crippen LogP contribution in [0.2, 0.25) is 0 Å². The Hall–Kier alpha value is -1.86. The highest BCUT2D eigenvalue weighted by Crippen LogP contribution is 2.23. The first kappa shape index (κ1) is 14.5. The molecule has 7 heteroatoms. The molecular weight excluding hydrogens is 342 g/mol. The lowest BCUT2D eigenvalue weighted by Gasteiger charge is -2.05. The van der Waals surface area contributed by atoms with Gasteiger partial charge in [-0.05, 0) is 45.1 Å². The van der Waals surface area contributed by atoms with Gasteiger partial charge in [0.15, 0.2) is 0 Å². The maximum atomic E-state index is 12.0. The summed E-state index contributed by atoms with van der Waals surface area (Å²) in [5.74, 6) is -0.0136. The molecule has 0 unspecified atom stereocenters. The SMILES string of the molecule is NC(Cc1ccc(NC(=O)c2sccc2Br)cc1)=NO. The number of benzene rings is 1. The average molecular weight is 354 g/mol. The van der Waals surface area contributed by atoms with Crippen molar-refractivity contribution in [1.82, 2.24) is 0 Å². The van der Waals surface area contributed by atoms with Gasteiger partial charge in [-0.1, -0.05) is 17.3 Å². The summed E-state index contributed by atoms with van der Waals surface area (Å²) in [5, 5.41) is 16.1. The van der Waals surface area contributed by atoms with Crippen molar-refractivity contribution in [1.29, 1.82) is 0 Å². The Kier molecular flexibility index (Phi) is 4.75. The number of oxime groups is 1. The number of anilines is 1. The lowest BCUT2D eigenvalue weighted by molar-refractivity contribution is 0.103. The first-order valence-electron chi connectivity index (χ1n) is 5.70. The van der Waals surface area contributed by atoms with Crippen LogP contribution in [0.3, 0.4) is 0 Å². The van der Waals surface area contributed by atoms with E-state index < -0.39 is 0 Å². The van der Waals surface area contributed by atoms with E-state index in [0.717, 1.165) is 10.0 Å². The zero-order chi connectivity index (χ0) is 14.5. The minimum atomic E-state index is -0.156. The summed E-state index contributed by atoms with van der Waals surface area (Å²) in [5.41, 5.74) is 7.02. The molecular formula is C13H12BrN3O2S. The maximum Gasteiger partial charge on any atom is 0.266 e. The Labute approximate surface area is 128 Å². The molecule has 5 nitrogen and oxygen atoms in total. The number of amidine groups is 1. The fourth-order valence-electron chi connectivity index (χ4n) is 1.59. The zero-order valence-corrected chi connectivity index (χ0v) is 12.7. The van der Waals surface area contributed by atoms with Gasteiger partial charge in [0, 0.05) is 16.6 Å². The number of hydrogen-bond donors (Lipinski definition) is 3. The minimum Gasteiger partial charge on any atom is -0.409 e. The number of nitrogens with two attached hydrogens (primary N) is 1. The zero-order valence-electron chi connectivity index (χ0n) is 10.3. The molecule has 0 bridgehead atoms. The van der Waals surface area contributed by atoms with Gasteiger partial charge >= 0.3 is 0 Å². The van der Waals surface area contributed by atoms with Crippen LogP contribution >= 0.6 is 27.3 Å². The smallest absolute Gasteiger partial charge is 0.266 e. The predicted molar refractivity (Wildman–Crippen MR) is 83.5 cm³/mol. The van der Waals surface area contributed by atoms with E-state index in [4.69, 9.17) is 10.9 Å². The third kappa shape index (κ3) is 3.58. The van der Waals surface area contributed by atoms with Crippen LogP contribution in [-0.2, 0) is 6.42 Å². The highest BCUT2D eigenvalue weighted by atomic mass is 79.9. The Balaban J connectivity index is 2.04. The van der Waals surface area contributed by atoms with Gasteiger partial charge < -0.3 is 16.3 Å². The molecule has 4 N–H and O–H groups in total. The second-order valence-corrected chi connectivity index (χ2v) is 5.79. The second-order valence-electron chi connectivity index (χ2n) is 4.02. The summed E-state index contributed by atoms with van der Waals surface area (Å²) in [6.07, 6.45) is 0.362. The van der Waals surface area contributed by atoms with Crippen molar-refractivity contribution in [2.24, 2.45) is 10.9 Å². The van der Waals surface area contributed by atoms with Crippen molar-refractivity contribution in [3.63, 3.8) is 0 Å². The number of nitrogens with zero attached hydrogens (tertiary/aromatic N) is 1. The first-order valence-corrected chi connectivity index (χ1v) is 7.37. The summed E-state index contributed by atoms with van der Waals surface area (Å²) >= 11 is 4.70. The Morgan fingerprint density at radius 3 is 2.60 bits per heavy atom. The fourth-order valence-corrected chi connectivity index (χ4v) is 3.04. The highest BCUT2D eigenvalue weighted by Gasteiger charge is 2.11. The summed E-state index contributed by atoms with van der Waals surface area (Å²) in [6, 6.07) is 9.02.